The Morgan fingerprint density at radius 1 is 1.77 bits per heavy atom. The van der Waals surface area contributed by atoms with Crippen LogP contribution in [-0.4, -0.2) is 33.1 Å². The van der Waals surface area contributed by atoms with Gasteiger partial charge in [-0.15, -0.1) is 0 Å². The number of carbonyl (C=O) groups is 1. The second-order valence-electron chi connectivity index (χ2n) is 2.73. The van der Waals surface area contributed by atoms with Gasteiger partial charge in [-0.25, -0.2) is 9.69 Å². The van der Waals surface area contributed by atoms with Gasteiger partial charge in [0, 0.05) is 6.54 Å². The third kappa shape index (κ3) is 1.07. The van der Waals surface area contributed by atoms with Crippen molar-refractivity contribution < 1.29 is 14.8 Å². The Kier molecular flexibility index (Phi) is 2.06. The third-order valence-electron chi connectivity index (χ3n) is 2.12. The number of likely N-dealkylation sites (tertiary alicyclic amines) is 1. The van der Waals surface area contributed by atoms with Crippen molar-refractivity contribution in [3.05, 3.63) is 10.1 Å². The van der Waals surface area contributed by atoms with Gasteiger partial charge in [0.25, 0.3) is 0 Å². The molecule has 1 fully saturated rings. The van der Waals surface area contributed by atoms with Gasteiger partial charge >= 0.3 is 11.6 Å². The smallest absolute Gasteiger partial charge is 0.406 e. The van der Waals surface area contributed by atoms with Crippen LogP contribution in [0.5, 0.6) is 0 Å². The van der Waals surface area contributed by atoms with Crippen molar-refractivity contribution in [3.8, 4) is 6.19 Å². The first-order valence-corrected chi connectivity index (χ1v) is 3.61. The van der Waals surface area contributed by atoms with Gasteiger partial charge < -0.3 is 5.11 Å². The Hall–Kier alpha value is -1.84. The molecule has 1 saturated heterocycles. The van der Waals surface area contributed by atoms with Crippen LogP contribution >= 0.6 is 0 Å². The van der Waals surface area contributed by atoms with Crippen LogP contribution in [0.3, 0.4) is 0 Å². The van der Waals surface area contributed by atoms with Crippen molar-refractivity contribution in [1.82, 2.24) is 4.90 Å². The maximum atomic E-state index is 10.7. The van der Waals surface area contributed by atoms with Gasteiger partial charge in [0.1, 0.15) is 0 Å². The molecule has 1 atom stereocenters. The summed E-state index contributed by atoms with van der Waals surface area (Å²) in [7, 11) is 0. The Labute approximate surface area is 73.3 Å². The largest absolute Gasteiger partial charge is 0.474 e. The van der Waals surface area contributed by atoms with Crippen LogP contribution < -0.4 is 0 Å². The zero-order chi connectivity index (χ0) is 10.1. The van der Waals surface area contributed by atoms with Gasteiger partial charge in [-0.1, -0.05) is 0 Å². The van der Waals surface area contributed by atoms with Gasteiger partial charge in [-0.3, -0.25) is 10.1 Å². The first-order chi connectivity index (χ1) is 6.05. The summed E-state index contributed by atoms with van der Waals surface area (Å²) >= 11 is 0. The minimum absolute atomic E-state index is 0.122. The van der Waals surface area contributed by atoms with E-state index in [0.717, 1.165) is 0 Å². The molecule has 70 valence electrons. The maximum absolute atomic E-state index is 10.7. The predicted octanol–water partition coefficient (Wildman–Crippen LogP) is -0.379. The van der Waals surface area contributed by atoms with Crippen molar-refractivity contribution in [2.45, 2.75) is 18.5 Å². The minimum atomic E-state index is -2.23. The highest BCUT2D eigenvalue weighted by Gasteiger charge is 2.59. The molecular weight excluding hydrogens is 178 g/mol. The van der Waals surface area contributed by atoms with E-state index in [-0.39, 0.29) is 13.0 Å². The summed E-state index contributed by atoms with van der Waals surface area (Å²) in [6.07, 6.45) is 1.75. The minimum Gasteiger partial charge on any atom is -0.474 e. The van der Waals surface area contributed by atoms with Gasteiger partial charge in [0.15, 0.2) is 6.19 Å². The van der Waals surface area contributed by atoms with E-state index in [0.29, 0.717) is 11.3 Å². The summed E-state index contributed by atoms with van der Waals surface area (Å²) in [6, 6.07) is 0. The summed E-state index contributed by atoms with van der Waals surface area (Å²) in [6.45, 7) is 0.129. The van der Waals surface area contributed by atoms with E-state index in [2.05, 4.69) is 0 Å². The Bertz CT molecular complexity index is 281. The SMILES string of the molecule is N#CN1CCC[C@]1(C(=O)O)[N+](=O)[O-]. The fourth-order valence-electron chi connectivity index (χ4n) is 1.43. The molecule has 0 radical (unpaired) electrons. The van der Waals surface area contributed by atoms with E-state index in [1.165, 1.54) is 6.19 Å². The van der Waals surface area contributed by atoms with Gasteiger partial charge in [-0.2, -0.15) is 5.26 Å². The van der Waals surface area contributed by atoms with E-state index in [1.807, 2.05) is 0 Å². The van der Waals surface area contributed by atoms with Crippen LogP contribution in [0.2, 0.25) is 0 Å². The molecule has 1 heterocycles. The van der Waals surface area contributed by atoms with E-state index < -0.39 is 16.6 Å². The fourth-order valence-corrected chi connectivity index (χ4v) is 1.43. The molecule has 13 heavy (non-hydrogen) atoms. The van der Waals surface area contributed by atoms with E-state index in [9.17, 15) is 14.9 Å². The molecule has 0 unspecified atom stereocenters. The lowest BCUT2D eigenvalue weighted by atomic mass is 10.1. The highest BCUT2D eigenvalue weighted by molar-refractivity contribution is 5.77. The molecule has 1 aliphatic heterocycles. The molecule has 0 aromatic carbocycles. The van der Waals surface area contributed by atoms with Crippen LogP contribution in [0.25, 0.3) is 0 Å². The number of nitrogens with zero attached hydrogens (tertiary/aromatic N) is 3. The zero-order valence-electron chi connectivity index (χ0n) is 6.63. The number of carboxylic acid groups (broad SMARTS) is 1. The van der Waals surface area contributed by atoms with Crippen LogP contribution in [0.15, 0.2) is 0 Å². The summed E-state index contributed by atoms with van der Waals surface area (Å²) < 4.78 is 0. The number of aliphatic carboxylic acids is 1. The zero-order valence-corrected chi connectivity index (χ0v) is 6.63. The van der Waals surface area contributed by atoms with Crippen molar-refractivity contribution >= 4 is 5.97 Å². The van der Waals surface area contributed by atoms with Gasteiger partial charge in [-0.05, 0) is 6.42 Å². The lowest BCUT2D eigenvalue weighted by molar-refractivity contribution is -0.576. The monoisotopic (exact) mass is 185 g/mol. The van der Waals surface area contributed by atoms with E-state index in [4.69, 9.17) is 10.4 Å². The van der Waals surface area contributed by atoms with Gasteiger partial charge in [0.2, 0.25) is 0 Å². The molecule has 0 saturated carbocycles. The number of hydrogen-bond acceptors (Lipinski definition) is 5. The fraction of sp³-hybridized carbons (Fsp3) is 0.667. The van der Waals surface area contributed by atoms with Crippen molar-refractivity contribution in [1.29, 1.82) is 5.26 Å². The molecular formula is C6H7N3O4. The molecule has 0 bridgehead atoms. The average molecular weight is 185 g/mol. The highest BCUT2D eigenvalue weighted by Crippen LogP contribution is 2.29. The Balaban J connectivity index is 3.11. The normalized spacial score (nSPS) is 26.8. The van der Waals surface area contributed by atoms with Gasteiger partial charge in [0.05, 0.1) is 11.3 Å². The quantitative estimate of drug-likeness (QED) is 0.357. The van der Waals surface area contributed by atoms with Crippen LogP contribution in [0.4, 0.5) is 0 Å². The highest BCUT2D eigenvalue weighted by atomic mass is 16.6. The van der Waals surface area contributed by atoms with Crippen LogP contribution in [0.1, 0.15) is 12.8 Å². The lowest BCUT2D eigenvalue weighted by Gasteiger charge is -2.20. The first kappa shape index (κ1) is 9.25. The van der Waals surface area contributed by atoms with Crippen LogP contribution in [0, 0.1) is 21.6 Å². The van der Waals surface area contributed by atoms with Crippen molar-refractivity contribution in [3.63, 3.8) is 0 Å². The summed E-state index contributed by atoms with van der Waals surface area (Å²) in [5, 5.41) is 27.8. The second-order valence-corrected chi connectivity index (χ2v) is 2.73. The lowest BCUT2D eigenvalue weighted by Crippen LogP contribution is -2.54. The summed E-state index contributed by atoms with van der Waals surface area (Å²) in [4.78, 5) is 21.1. The van der Waals surface area contributed by atoms with Crippen molar-refractivity contribution in [2.24, 2.45) is 0 Å². The van der Waals surface area contributed by atoms with E-state index >= 15 is 0 Å². The number of nitro groups is 1. The number of hydrogen-bond donors (Lipinski definition) is 1. The second kappa shape index (κ2) is 2.90. The maximum Gasteiger partial charge on any atom is 0.406 e. The molecule has 0 spiro atoms. The number of carboxylic acids is 1. The topological polar surface area (TPSA) is 107 Å². The van der Waals surface area contributed by atoms with Crippen LogP contribution in [-0.2, 0) is 4.79 Å². The average Bonchev–Trinajstić information content (AvgIpc) is 2.47. The first-order valence-electron chi connectivity index (χ1n) is 3.61. The third-order valence-corrected chi connectivity index (χ3v) is 2.12. The standard InChI is InChI=1S/C6H7N3O4/c7-4-8-3-1-2-6(8,5(10)11)9(12)13/h1-3H2,(H,10,11)/t6-/m1/s1. The predicted molar refractivity (Wildman–Crippen MR) is 38.9 cm³/mol. The molecule has 1 aliphatic rings. The Morgan fingerprint density at radius 3 is 2.69 bits per heavy atom. The molecule has 7 heteroatoms. The molecule has 0 aromatic heterocycles. The number of rotatable bonds is 2. The van der Waals surface area contributed by atoms with E-state index in [1.54, 1.807) is 0 Å². The molecule has 0 amide bonds. The molecule has 1 N–H and O–H groups in total. The number of nitriles is 1. The van der Waals surface area contributed by atoms with Crippen molar-refractivity contribution in [2.75, 3.05) is 6.54 Å². The summed E-state index contributed by atoms with van der Waals surface area (Å²) in [5.74, 6) is -1.57. The Morgan fingerprint density at radius 2 is 2.38 bits per heavy atom. The molecule has 7 nitrogen and oxygen atoms in total. The molecule has 0 aromatic rings. The summed E-state index contributed by atoms with van der Waals surface area (Å²) in [5.41, 5.74) is -2.23. The molecule has 0 aliphatic carbocycles. The molecule has 1 rings (SSSR count).